The lowest BCUT2D eigenvalue weighted by molar-refractivity contribution is 0.121. The Hall–Kier alpha value is -0.900. The van der Waals surface area contributed by atoms with Gasteiger partial charge in [0.2, 0.25) is 0 Å². The Labute approximate surface area is 133 Å². The van der Waals surface area contributed by atoms with Gasteiger partial charge in [-0.3, -0.25) is 0 Å². The third kappa shape index (κ3) is 4.80. The van der Waals surface area contributed by atoms with Gasteiger partial charge in [-0.25, -0.2) is 4.79 Å². The Morgan fingerprint density at radius 3 is 2.36 bits per heavy atom. The average Bonchev–Trinajstić information content (AvgIpc) is 2.45. The molecule has 9 heteroatoms. The molecule has 1 heterocycles. The van der Waals surface area contributed by atoms with Crippen LogP contribution in [-0.4, -0.2) is 76.0 Å². The van der Waals surface area contributed by atoms with Crippen LogP contribution in [0.25, 0.3) is 0 Å². The molecule has 0 saturated carbocycles. The number of piperidine rings is 1. The molecule has 0 spiro atoms. The van der Waals surface area contributed by atoms with Crippen molar-refractivity contribution in [3.8, 4) is 0 Å². The largest absolute Gasteiger partial charge is 0.385 e. The van der Waals surface area contributed by atoms with Gasteiger partial charge >= 0.3 is 6.03 Å². The zero-order chi connectivity index (χ0) is 16.8. The number of amides is 2. The number of nitrogens with one attached hydrogen (secondary N) is 2. The molecular formula is C13H28N4O4S. The second-order valence-electron chi connectivity index (χ2n) is 5.70. The maximum Gasteiger partial charge on any atom is 0.315 e. The van der Waals surface area contributed by atoms with Gasteiger partial charge in [0.05, 0.1) is 0 Å². The first kappa shape index (κ1) is 19.1. The highest BCUT2D eigenvalue weighted by Crippen LogP contribution is 2.27. The maximum atomic E-state index is 12.2. The van der Waals surface area contributed by atoms with E-state index in [1.54, 1.807) is 7.11 Å². The van der Waals surface area contributed by atoms with Crippen LogP contribution in [0.1, 0.15) is 26.2 Å². The van der Waals surface area contributed by atoms with Gasteiger partial charge in [0.25, 0.3) is 10.2 Å². The van der Waals surface area contributed by atoms with Gasteiger partial charge < -0.3 is 15.4 Å². The third-order valence-electron chi connectivity index (χ3n) is 3.97. The third-order valence-corrected chi connectivity index (χ3v) is 5.91. The predicted octanol–water partition coefficient (Wildman–Crippen LogP) is -0.0170. The average molecular weight is 336 g/mol. The zero-order valence-corrected chi connectivity index (χ0v) is 14.7. The summed E-state index contributed by atoms with van der Waals surface area (Å²) in [5, 5.41) is 5.73. The number of hydrogen-bond donors (Lipinski definition) is 2. The summed E-state index contributed by atoms with van der Waals surface area (Å²) in [5.41, 5.74) is -0.423. The number of nitrogens with zero attached hydrogens (tertiary/aromatic N) is 2. The molecule has 0 aromatic rings. The molecule has 0 unspecified atom stereocenters. The summed E-state index contributed by atoms with van der Waals surface area (Å²) in [6.07, 6.45) is 1.80. The Balaban J connectivity index is 2.76. The Bertz CT molecular complexity index is 459. The molecule has 1 aliphatic heterocycles. The van der Waals surface area contributed by atoms with Crippen LogP contribution in [0.4, 0.5) is 4.79 Å². The summed E-state index contributed by atoms with van der Waals surface area (Å²) in [6.45, 7) is 3.70. The highest BCUT2D eigenvalue weighted by atomic mass is 32.2. The van der Waals surface area contributed by atoms with Crippen molar-refractivity contribution < 1.29 is 17.9 Å². The van der Waals surface area contributed by atoms with E-state index in [9.17, 15) is 13.2 Å². The van der Waals surface area contributed by atoms with Crippen molar-refractivity contribution in [2.75, 3.05) is 47.4 Å². The second kappa shape index (κ2) is 8.09. The maximum absolute atomic E-state index is 12.2. The molecule has 0 radical (unpaired) electrons. The Morgan fingerprint density at radius 2 is 1.91 bits per heavy atom. The summed E-state index contributed by atoms with van der Waals surface area (Å²) in [4.78, 5) is 11.9. The molecule has 2 amide bonds. The zero-order valence-electron chi connectivity index (χ0n) is 13.9. The standard InChI is InChI=1S/C13H28N4O4S/c1-5-14-12(18)15-13(8-11-21-4)6-9-17(10-7-13)22(19,20)16(2)3/h5-11H2,1-4H3,(H2,14,15,18). The molecule has 8 nitrogen and oxygen atoms in total. The SMILES string of the molecule is CCNC(=O)NC1(CCOC)CCN(S(=O)(=O)N(C)C)CC1. The van der Waals surface area contributed by atoms with E-state index in [0.717, 1.165) is 0 Å². The fourth-order valence-electron chi connectivity index (χ4n) is 2.56. The van der Waals surface area contributed by atoms with Crippen LogP contribution in [0.15, 0.2) is 0 Å². The number of methoxy groups -OCH3 is 1. The lowest BCUT2D eigenvalue weighted by Gasteiger charge is -2.42. The van der Waals surface area contributed by atoms with Gasteiger partial charge in [-0.15, -0.1) is 0 Å². The van der Waals surface area contributed by atoms with Crippen molar-refractivity contribution in [3.05, 3.63) is 0 Å². The van der Waals surface area contributed by atoms with Crippen LogP contribution in [0.2, 0.25) is 0 Å². The molecule has 0 aromatic carbocycles. The number of carbonyl (C=O) groups excluding carboxylic acids is 1. The smallest absolute Gasteiger partial charge is 0.315 e. The molecule has 0 bridgehead atoms. The lowest BCUT2D eigenvalue weighted by atomic mass is 9.85. The molecule has 0 aromatic heterocycles. The van der Waals surface area contributed by atoms with Gasteiger partial charge in [-0.1, -0.05) is 0 Å². The molecule has 2 N–H and O–H groups in total. The van der Waals surface area contributed by atoms with Crippen molar-refractivity contribution in [1.29, 1.82) is 0 Å². The number of urea groups is 1. The van der Waals surface area contributed by atoms with Crippen molar-refractivity contribution in [2.45, 2.75) is 31.7 Å². The minimum Gasteiger partial charge on any atom is -0.385 e. The lowest BCUT2D eigenvalue weighted by Crippen LogP contribution is -2.59. The molecule has 1 fully saturated rings. The fourth-order valence-corrected chi connectivity index (χ4v) is 3.66. The van der Waals surface area contributed by atoms with E-state index in [1.165, 1.54) is 22.7 Å². The minimum absolute atomic E-state index is 0.220. The van der Waals surface area contributed by atoms with Crippen molar-refractivity contribution in [1.82, 2.24) is 19.2 Å². The molecule has 22 heavy (non-hydrogen) atoms. The van der Waals surface area contributed by atoms with Crippen LogP contribution in [0, 0.1) is 0 Å². The highest BCUT2D eigenvalue weighted by Gasteiger charge is 2.39. The van der Waals surface area contributed by atoms with Gasteiger partial charge in [0.15, 0.2) is 0 Å². The predicted molar refractivity (Wildman–Crippen MR) is 84.8 cm³/mol. The van der Waals surface area contributed by atoms with E-state index < -0.39 is 15.7 Å². The summed E-state index contributed by atoms with van der Waals surface area (Å²) < 4.78 is 32.1. The van der Waals surface area contributed by atoms with E-state index in [0.29, 0.717) is 45.5 Å². The normalized spacial score (nSPS) is 19.1. The van der Waals surface area contributed by atoms with Gasteiger partial charge in [-0.05, 0) is 26.2 Å². The monoisotopic (exact) mass is 336 g/mol. The molecule has 130 valence electrons. The van der Waals surface area contributed by atoms with Crippen molar-refractivity contribution in [3.63, 3.8) is 0 Å². The number of ether oxygens (including phenoxy) is 1. The molecule has 0 aliphatic carbocycles. The van der Waals surface area contributed by atoms with E-state index in [-0.39, 0.29) is 6.03 Å². The fraction of sp³-hybridized carbons (Fsp3) is 0.923. The van der Waals surface area contributed by atoms with E-state index >= 15 is 0 Å². The number of rotatable bonds is 7. The highest BCUT2D eigenvalue weighted by molar-refractivity contribution is 7.86. The van der Waals surface area contributed by atoms with Gasteiger partial charge in [-0.2, -0.15) is 17.0 Å². The Morgan fingerprint density at radius 1 is 1.32 bits per heavy atom. The molecule has 1 saturated heterocycles. The van der Waals surface area contributed by atoms with E-state index in [4.69, 9.17) is 4.74 Å². The van der Waals surface area contributed by atoms with Crippen LogP contribution < -0.4 is 10.6 Å². The van der Waals surface area contributed by atoms with Crippen LogP contribution in [-0.2, 0) is 14.9 Å². The summed E-state index contributed by atoms with van der Waals surface area (Å²) in [5.74, 6) is 0. The van der Waals surface area contributed by atoms with Crippen LogP contribution in [0.5, 0.6) is 0 Å². The van der Waals surface area contributed by atoms with Crippen LogP contribution >= 0.6 is 0 Å². The van der Waals surface area contributed by atoms with Gasteiger partial charge in [0.1, 0.15) is 0 Å². The van der Waals surface area contributed by atoms with Crippen molar-refractivity contribution in [2.24, 2.45) is 0 Å². The number of carbonyl (C=O) groups is 1. The molecule has 1 aliphatic rings. The second-order valence-corrected chi connectivity index (χ2v) is 7.84. The quantitative estimate of drug-likeness (QED) is 0.684. The minimum atomic E-state index is -3.40. The molecule has 1 rings (SSSR count). The first-order valence-electron chi connectivity index (χ1n) is 7.50. The van der Waals surface area contributed by atoms with E-state index in [2.05, 4.69) is 10.6 Å². The van der Waals surface area contributed by atoms with Gasteiger partial charge in [0, 0.05) is 53.0 Å². The first-order chi connectivity index (χ1) is 10.3. The molecular weight excluding hydrogens is 308 g/mol. The summed E-state index contributed by atoms with van der Waals surface area (Å²) >= 11 is 0. The first-order valence-corrected chi connectivity index (χ1v) is 8.89. The topological polar surface area (TPSA) is 91.0 Å². The summed E-state index contributed by atoms with van der Waals surface area (Å²) in [7, 11) is 1.26. The summed E-state index contributed by atoms with van der Waals surface area (Å²) in [6, 6.07) is -0.220. The van der Waals surface area contributed by atoms with Crippen molar-refractivity contribution >= 4 is 16.2 Å². The Kier molecular flexibility index (Phi) is 7.04. The van der Waals surface area contributed by atoms with E-state index in [1.807, 2.05) is 6.92 Å². The molecule has 0 atom stereocenters. The van der Waals surface area contributed by atoms with Crippen LogP contribution in [0.3, 0.4) is 0 Å². The number of hydrogen-bond acceptors (Lipinski definition) is 4.